The molecule has 0 spiro atoms. The van der Waals surface area contributed by atoms with Crippen molar-refractivity contribution in [2.24, 2.45) is 5.92 Å². The van der Waals surface area contributed by atoms with E-state index in [9.17, 15) is 5.26 Å². The zero-order valence-corrected chi connectivity index (χ0v) is 11.7. The Morgan fingerprint density at radius 2 is 2.00 bits per heavy atom. The van der Waals surface area contributed by atoms with Gasteiger partial charge in [-0.3, -0.25) is 0 Å². The molecule has 0 radical (unpaired) electrons. The third kappa shape index (κ3) is 3.17. The zero-order chi connectivity index (χ0) is 12.1. The lowest BCUT2D eigenvalue weighted by atomic mass is 9.83. The van der Waals surface area contributed by atoms with Gasteiger partial charge in [-0.05, 0) is 31.9 Å². The van der Waals surface area contributed by atoms with Crippen LogP contribution in [-0.2, 0) is 0 Å². The summed E-state index contributed by atoms with van der Waals surface area (Å²) >= 11 is 2.02. The molecule has 0 aromatic rings. The molecule has 0 bridgehead atoms. The fourth-order valence-corrected chi connectivity index (χ4v) is 3.97. The summed E-state index contributed by atoms with van der Waals surface area (Å²) in [5.74, 6) is 0.247. The topological polar surface area (TPSA) is 35.8 Å². The molecule has 0 aliphatic heterocycles. The lowest BCUT2D eigenvalue weighted by Crippen LogP contribution is -2.48. The van der Waals surface area contributed by atoms with Gasteiger partial charge in [-0.2, -0.15) is 17.0 Å². The lowest BCUT2D eigenvalue weighted by molar-refractivity contribution is 0.305. The molecule has 2 atom stereocenters. The molecule has 2 saturated carbocycles. The summed E-state index contributed by atoms with van der Waals surface area (Å²) in [6.07, 6.45) is 12.5. The lowest BCUT2D eigenvalue weighted by Gasteiger charge is -2.42. The number of nitrogens with zero attached hydrogens (tertiary/aromatic N) is 1. The third-order valence-corrected chi connectivity index (χ3v) is 5.98. The van der Waals surface area contributed by atoms with E-state index in [4.69, 9.17) is 0 Å². The van der Waals surface area contributed by atoms with Gasteiger partial charge in [0.1, 0.15) is 0 Å². The monoisotopic (exact) mass is 252 g/mol. The first-order valence-corrected chi connectivity index (χ1v) is 8.20. The maximum atomic E-state index is 9.25. The van der Waals surface area contributed by atoms with Gasteiger partial charge in [0.25, 0.3) is 0 Å². The number of thioether (sulfide) groups is 1. The summed E-state index contributed by atoms with van der Waals surface area (Å²) in [5.41, 5.74) is 0. The Balaban J connectivity index is 1.85. The largest absolute Gasteiger partial charge is 0.311 e. The van der Waals surface area contributed by atoms with Crippen molar-refractivity contribution in [2.75, 3.05) is 12.8 Å². The molecule has 0 aromatic heterocycles. The van der Waals surface area contributed by atoms with Crippen molar-refractivity contribution in [1.29, 1.82) is 5.26 Å². The Labute approximate surface area is 110 Å². The van der Waals surface area contributed by atoms with Crippen molar-refractivity contribution in [2.45, 2.75) is 62.2 Å². The maximum Gasteiger partial charge on any atom is 0.0672 e. The highest BCUT2D eigenvalue weighted by Crippen LogP contribution is 2.42. The fourth-order valence-electron chi connectivity index (χ4n) is 3.05. The van der Waals surface area contributed by atoms with E-state index in [0.717, 1.165) is 13.0 Å². The standard InChI is InChI=1S/C14H24N2S/c1-17-14(8-5-9-14)11-16-13-7-4-2-3-6-12(13)10-15/h12-13,16H,2-9,11H2,1H3. The van der Waals surface area contributed by atoms with E-state index in [1.54, 1.807) is 0 Å². The molecule has 2 unspecified atom stereocenters. The van der Waals surface area contributed by atoms with Crippen LogP contribution < -0.4 is 5.32 Å². The maximum absolute atomic E-state index is 9.25. The molecule has 2 aliphatic rings. The first-order valence-electron chi connectivity index (χ1n) is 6.98. The second-order valence-electron chi connectivity index (χ2n) is 5.60. The molecule has 0 heterocycles. The molecule has 17 heavy (non-hydrogen) atoms. The van der Waals surface area contributed by atoms with E-state index in [1.807, 2.05) is 11.8 Å². The van der Waals surface area contributed by atoms with E-state index in [-0.39, 0.29) is 5.92 Å². The highest BCUT2D eigenvalue weighted by Gasteiger charge is 2.37. The fraction of sp³-hybridized carbons (Fsp3) is 0.929. The number of nitriles is 1. The molecular formula is C14H24N2S. The summed E-state index contributed by atoms with van der Waals surface area (Å²) < 4.78 is 0.492. The van der Waals surface area contributed by atoms with Crippen LogP contribution in [0.1, 0.15) is 51.4 Å². The first kappa shape index (κ1) is 13.2. The quantitative estimate of drug-likeness (QED) is 0.780. The highest BCUT2D eigenvalue weighted by molar-refractivity contribution is 8.00. The SMILES string of the molecule is CSC1(CNC2CCCCCC2C#N)CCC1. The van der Waals surface area contributed by atoms with Crippen LogP contribution in [0.25, 0.3) is 0 Å². The minimum absolute atomic E-state index is 0.247. The predicted octanol–water partition coefficient (Wildman–Crippen LogP) is 3.33. The molecule has 2 nitrogen and oxygen atoms in total. The van der Waals surface area contributed by atoms with E-state index in [1.165, 1.54) is 44.9 Å². The Hall–Kier alpha value is -0.200. The second-order valence-corrected chi connectivity index (χ2v) is 6.88. The van der Waals surface area contributed by atoms with Crippen LogP contribution in [0, 0.1) is 17.2 Å². The van der Waals surface area contributed by atoms with Crippen molar-refractivity contribution >= 4 is 11.8 Å². The van der Waals surface area contributed by atoms with Gasteiger partial charge in [0.15, 0.2) is 0 Å². The summed E-state index contributed by atoms with van der Waals surface area (Å²) in [7, 11) is 0. The molecule has 0 amide bonds. The molecule has 3 heteroatoms. The van der Waals surface area contributed by atoms with Crippen LogP contribution in [0.5, 0.6) is 0 Å². The molecule has 2 rings (SSSR count). The van der Waals surface area contributed by atoms with Gasteiger partial charge in [-0.15, -0.1) is 0 Å². The van der Waals surface area contributed by atoms with Crippen LogP contribution in [-0.4, -0.2) is 23.6 Å². The molecule has 1 N–H and O–H groups in total. The Kier molecular flexibility index (Phi) is 4.76. The second kappa shape index (κ2) is 6.11. The zero-order valence-electron chi connectivity index (χ0n) is 10.9. The number of hydrogen-bond acceptors (Lipinski definition) is 3. The average Bonchev–Trinajstić information content (AvgIpc) is 2.53. The van der Waals surface area contributed by atoms with Crippen LogP contribution in [0.15, 0.2) is 0 Å². The van der Waals surface area contributed by atoms with Gasteiger partial charge in [0.05, 0.1) is 12.0 Å². The van der Waals surface area contributed by atoms with Crippen LogP contribution in [0.4, 0.5) is 0 Å². The van der Waals surface area contributed by atoms with E-state index in [2.05, 4.69) is 17.6 Å². The molecule has 2 aliphatic carbocycles. The van der Waals surface area contributed by atoms with Crippen molar-refractivity contribution in [1.82, 2.24) is 5.32 Å². The van der Waals surface area contributed by atoms with Gasteiger partial charge in [0.2, 0.25) is 0 Å². The van der Waals surface area contributed by atoms with Crippen molar-refractivity contribution in [3.05, 3.63) is 0 Å². The van der Waals surface area contributed by atoms with Crippen LogP contribution >= 0.6 is 11.8 Å². The Morgan fingerprint density at radius 1 is 1.24 bits per heavy atom. The van der Waals surface area contributed by atoms with Gasteiger partial charge >= 0.3 is 0 Å². The van der Waals surface area contributed by atoms with E-state index in [0.29, 0.717) is 10.8 Å². The number of hydrogen-bond donors (Lipinski definition) is 1. The van der Waals surface area contributed by atoms with Gasteiger partial charge in [0, 0.05) is 17.3 Å². The predicted molar refractivity (Wildman–Crippen MR) is 74.1 cm³/mol. The van der Waals surface area contributed by atoms with Crippen molar-refractivity contribution in [3.8, 4) is 6.07 Å². The van der Waals surface area contributed by atoms with Gasteiger partial charge in [-0.1, -0.05) is 25.7 Å². The first-order chi connectivity index (χ1) is 8.29. The molecular weight excluding hydrogens is 228 g/mol. The average molecular weight is 252 g/mol. The Bertz CT molecular complexity index is 275. The van der Waals surface area contributed by atoms with Crippen molar-refractivity contribution < 1.29 is 0 Å². The molecule has 0 aromatic carbocycles. The number of nitrogens with one attached hydrogen (secondary N) is 1. The minimum atomic E-state index is 0.247. The van der Waals surface area contributed by atoms with Crippen molar-refractivity contribution in [3.63, 3.8) is 0 Å². The summed E-state index contributed by atoms with van der Waals surface area (Å²) in [6.45, 7) is 1.11. The summed E-state index contributed by atoms with van der Waals surface area (Å²) in [6, 6.07) is 2.97. The van der Waals surface area contributed by atoms with E-state index < -0.39 is 0 Å². The van der Waals surface area contributed by atoms with Crippen LogP contribution in [0.3, 0.4) is 0 Å². The van der Waals surface area contributed by atoms with Gasteiger partial charge < -0.3 is 5.32 Å². The highest BCUT2D eigenvalue weighted by atomic mass is 32.2. The van der Waals surface area contributed by atoms with E-state index >= 15 is 0 Å². The normalized spacial score (nSPS) is 32.2. The smallest absolute Gasteiger partial charge is 0.0672 e. The van der Waals surface area contributed by atoms with Crippen LogP contribution in [0.2, 0.25) is 0 Å². The summed E-state index contributed by atoms with van der Waals surface area (Å²) in [5, 5.41) is 13.0. The number of rotatable bonds is 4. The third-order valence-electron chi connectivity index (χ3n) is 4.57. The molecule has 96 valence electrons. The minimum Gasteiger partial charge on any atom is -0.311 e. The molecule has 0 saturated heterocycles. The molecule has 2 fully saturated rings. The summed E-state index contributed by atoms with van der Waals surface area (Å²) in [4.78, 5) is 0. The van der Waals surface area contributed by atoms with Gasteiger partial charge in [-0.25, -0.2) is 0 Å². The Morgan fingerprint density at radius 3 is 2.59 bits per heavy atom.